The van der Waals surface area contributed by atoms with Crippen LogP contribution in [0.15, 0.2) is 54.6 Å². The molecule has 2 aromatic rings. The van der Waals surface area contributed by atoms with Gasteiger partial charge < -0.3 is 14.5 Å². The van der Waals surface area contributed by atoms with Gasteiger partial charge in [-0.1, -0.05) is 18.2 Å². The normalized spacial score (nSPS) is 17.9. The van der Waals surface area contributed by atoms with Crippen molar-refractivity contribution in [2.75, 3.05) is 50.8 Å². The van der Waals surface area contributed by atoms with Crippen LogP contribution in [0.3, 0.4) is 0 Å². The van der Waals surface area contributed by atoms with E-state index in [1.54, 1.807) is 17.0 Å². The van der Waals surface area contributed by atoms with Crippen LogP contribution in [0, 0.1) is 17.2 Å². The molecule has 0 N–H and O–H groups in total. The summed E-state index contributed by atoms with van der Waals surface area (Å²) >= 11 is 0. The van der Waals surface area contributed by atoms with Gasteiger partial charge in [0.05, 0.1) is 18.2 Å². The van der Waals surface area contributed by atoms with E-state index in [4.69, 9.17) is 10.00 Å². The Morgan fingerprint density at radius 2 is 1.67 bits per heavy atom. The molecule has 2 aliphatic heterocycles. The maximum Gasteiger partial charge on any atom is 0.324 e. The molecule has 2 aliphatic rings. The number of nitriles is 1. The van der Waals surface area contributed by atoms with Crippen LogP contribution in [0.5, 0.6) is 5.75 Å². The zero-order valence-electron chi connectivity index (χ0n) is 17.2. The van der Waals surface area contributed by atoms with Crippen molar-refractivity contribution in [3.63, 3.8) is 0 Å². The van der Waals surface area contributed by atoms with Gasteiger partial charge in [0, 0.05) is 31.9 Å². The Kier molecular flexibility index (Phi) is 6.50. The van der Waals surface area contributed by atoms with Crippen molar-refractivity contribution in [2.24, 2.45) is 5.92 Å². The second kappa shape index (κ2) is 9.64. The number of anilines is 1. The van der Waals surface area contributed by atoms with Crippen molar-refractivity contribution < 1.29 is 9.53 Å². The van der Waals surface area contributed by atoms with Gasteiger partial charge in [-0.05, 0) is 68.2 Å². The lowest BCUT2D eigenvalue weighted by Crippen LogP contribution is -2.41. The third-order valence-corrected chi connectivity index (χ3v) is 6.03. The highest BCUT2D eigenvalue weighted by atomic mass is 16.5. The smallest absolute Gasteiger partial charge is 0.324 e. The summed E-state index contributed by atoms with van der Waals surface area (Å²) in [6, 6.07) is 19.4. The van der Waals surface area contributed by atoms with E-state index in [-0.39, 0.29) is 6.03 Å². The number of amides is 2. The fourth-order valence-corrected chi connectivity index (χ4v) is 4.12. The molecule has 0 saturated carbocycles. The predicted octanol–water partition coefficient (Wildman–Crippen LogP) is 3.59. The summed E-state index contributed by atoms with van der Waals surface area (Å²) in [7, 11) is 0. The number of urea groups is 1. The molecular weight excluding hydrogens is 376 g/mol. The van der Waals surface area contributed by atoms with Crippen LogP contribution < -0.4 is 9.64 Å². The summed E-state index contributed by atoms with van der Waals surface area (Å²) in [5.74, 6) is 1.54. The summed E-state index contributed by atoms with van der Waals surface area (Å²) < 4.78 is 5.91. The third kappa shape index (κ3) is 4.92. The van der Waals surface area contributed by atoms with Crippen LogP contribution in [0.4, 0.5) is 10.5 Å². The van der Waals surface area contributed by atoms with E-state index in [9.17, 15) is 4.79 Å². The van der Waals surface area contributed by atoms with Gasteiger partial charge in [-0.3, -0.25) is 4.90 Å². The molecule has 2 fully saturated rings. The van der Waals surface area contributed by atoms with E-state index < -0.39 is 0 Å². The number of hydrogen-bond acceptors (Lipinski definition) is 4. The Bertz CT molecular complexity index is 870. The lowest BCUT2D eigenvalue weighted by Gasteiger charge is -2.32. The monoisotopic (exact) mass is 404 g/mol. The molecule has 2 saturated heterocycles. The van der Waals surface area contributed by atoms with Crippen molar-refractivity contribution >= 4 is 11.7 Å². The SMILES string of the molecule is N#Cc1ccc(N2CCN(CCN3CCC(COc4ccccc4)CC3)C2=O)cc1. The van der Waals surface area contributed by atoms with Crippen molar-refractivity contribution in [1.29, 1.82) is 5.26 Å². The van der Waals surface area contributed by atoms with Crippen LogP contribution in [0.2, 0.25) is 0 Å². The van der Waals surface area contributed by atoms with Gasteiger partial charge in [-0.15, -0.1) is 0 Å². The van der Waals surface area contributed by atoms with E-state index in [1.165, 1.54) is 0 Å². The lowest BCUT2D eigenvalue weighted by molar-refractivity contribution is 0.133. The molecule has 0 aliphatic carbocycles. The molecule has 2 heterocycles. The minimum absolute atomic E-state index is 0.0610. The first kappa shape index (κ1) is 20.2. The average molecular weight is 405 g/mol. The van der Waals surface area contributed by atoms with Gasteiger partial charge in [-0.25, -0.2) is 4.79 Å². The van der Waals surface area contributed by atoms with Gasteiger partial charge in [0.25, 0.3) is 0 Å². The molecule has 0 aromatic heterocycles. The first-order valence-corrected chi connectivity index (χ1v) is 10.7. The Balaban J connectivity index is 1.18. The van der Waals surface area contributed by atoms with E-state index in [1.807, 2.05) is 47.4 Å². The Morgan fingerprint density at radius 1 is 0.933 bits per heavy atom. The highest BCUT2D eigenvalue weighted by molar-refractivity contribution is 5.94. The first-order valence-electron chi connectivity index (χ1n) is 10.7. The van der Waals surface area contributed by atoms with Crippen molar-refractivity contribution in [3.8, 4) is 11.8 Å². The summed E-state index contributed by atoms with van der Waals surface area (Å²) in [5, 5.41) is 8.93. The summed E-state index contributed by atoms with van der Waals surface area (Å²) in [6.07, 6.45) is 2.27. The van der Waals surface area contributed by atoms with Crippen molar-refractivity contribution in [3.05, 3.63) is 60.2 Å². The van der Waals surface area contributed by atoms with Crippen LogP contribution in [-0.4, -0.2) is 61.7 Å². The number of likely N-dealkylation sites (tertiary alicyclic amines) is 1. The minimum atomic E-state index is 0.0610. The molecule has 6 heteroatoms. The molecule has 6 nitrogen and oxygen atoms in total. The largest absolute Gasteiger partial charge is 0.493 e. The molecule has 0 unspecified atom stereocenters. The van der Waals surface area contributed by atoms with E-state index in [2.05, 4.69) is 11.0 Å². The maximum absolute atomic E-state index is 12.8. The zero-order valence-corrected chi connectivity index (χ0v) is 17.2. The Morgan fingerprint density at radius 3 is 2.37 bits per heavy atom. The highest BCUT2D eigenvalue weighted by Crippen LogP contribution is 2.22. The number of benzene rings is 2. The fourth-order valence-electron chi connectivity index (χ4n) is 4.12. The zero-order chi connectivity index (χ0) is 20.8. The minimum Gasteiger partial charge on any atom is -0.493 e. The van der Waals surface area contributed by atoms with Gasteiger partial charge >= 0.3 is 6.03 Å². The van der Waals surface area contributed by atoms with E-state index >= 15 is 0 Å². The summed E-state index contributed by atoms with van der Waals surface area (Å²) in [6.45, 7) is 6.02. The molecule has 0 atom stereocenters. The standard InChI is InChI=1S/C24H28N4O2/c25-18-20-6-8-22(9-7-20)28-17-16-27(24(28)29)15-14-26-12-10-21(11-13-26)19-30-23-4-2-1-3-5-23/h1-9,21H,10-17,19H2. The Labute approximate surface area is 178 Å². The average Bonchev–Trinajstić information content (AvgIpc) is 3.18. The van der Waals surface area contributed by atoms with Crippen LogP contribution in [0.25, 0.3) is 0 Å². The van der Waals surface area contributed by atoms with Crippen molar-refractivity contribution in [1.82, 2.24) is 9.80 Å². The number of carbonyl (C=O) groups is 1. The van der Waals surface area contributed by atoms with Gasteiger partial charge in [0.2, 0.25) is 0 Å². The molecular formula is C24H28N4O2. The van der Waals surface area contributed by atoms with Crippen LogP contribution in [0.1, 0.15) is 18.4 Å². The van der Waals surface area contributed by atoms with Crippen LogP contribution >= 0.6 is 0 Å². The second-order valence-electron chi connectivity index (χ2n) is 7.99. The topological polar surface area (TPSA) is 59.8 Å². The molecule has 4 rings (SSSR count). The number of para-hydroxylation sites is 1. The molecule has 0 radical (unpaired) electrons. The van der Waals surface area contributed by atoms with Crippen LogP contribution in [-0.2, 0) is 0 Å². The lowest BCUT2D eigenvalue weighted by atomic mass is 9.98. The second-order valence-corrected chi connectivity index (χ2v) is 7.99. The molecule has 0 spiro atoms. The highest BCUT2D eigenvalue weighted by Gasteiger charge is 2.30. The molecule has 2 amide bonds. The number of piperidine rings is 1. The third-order valence-electron chi connectivity index (χ3n) is 6.03. The summed E-state index contributed by atoms with van der Waals surface area (Å²) in [5.41, 5.74) is 1.47. The van der Waals surface area contributed by atoms with Gasteiger partial charge in [0.15, 0.2) is 0 Å². The number of rotatable bonds is 7. The molecule has 0 bridgehead atoms. The maximum atomic E-state index is 12.8. The van der Waals surface area contributed by atoms with E-state index in [0.29, 0.717) is 18.0 Å². The number of nitrogens with zero attached hydrogens (tertiary/aromatic N) is 4. The molecule has 30 heavy (non-hydrogen) atoms. The van der Waals surface area contributed by atoms with Gasteiger partial charge in [-0.2, -0.15) is 5.26 Å². The number of hydrogen-bond donors (Lipinski definition) is 0. The van der Waals surface area contributed by atoms with Crippen molar-refractivity contribution in [2.45, 2.75) is 12.8 Å². The fraction of sp³-hybridized carbons (Fsp3) is 0.417. The number of ether oxygens (including phenoxy) is 1. The van der Waals surface area contributed by atoms with E-state index in [0.717, 1.165) is 63.6 Å². The first-order chi connectivity index (χ1) is 14.7. The predicted molar refractivity (Wildman–Crippen MR) is 117 cm³/mol. The van der Waals surface area contributed by atoms with Gasteiger partial charge in [0.1, 0.15) is 5.75 Å². The summed E-state index contributed by atoms with van der Waals surface area (Å²) in [4.78, 5) is 18.9. The molecule has 156 valence electrons. The Hall–Kier alpha value is -3.04. The molecule has 2 aromatic carbocycles. The quantitative estimate of drug-likeness (QED) is 0.708. The number of carbonyl (C=O) groups excluding carboxylic acids is 1.